The van der Waals surface area contributed by atoms with Gasteiger partial charge in [0.15, 0.2) is 11.3 Å². The Labute approximate surface area is 188 Å². The number of hydrogen-bond acceptors (Lipinski definition) is 8. The van der Waals surface area contributed by atoms with Crippen molar-refractivity contribution in [3.63, 3.8) is 0 Å². The first-order valence-electron chi connectivity index (χ1n) is 11.8. The summed E-state index contributed by atoms with van der Waals surface area (Å²) in [6.45, 7) is 6.88. The summed E-state index contributed by atoms with van der Waals surface area (Å²) in [6, 6.07) is 1.07. The van der Waals surface area contributed by atoms with Gasteiger partial charge in [-0.2, -0.15) is 15.2 Å². The van der Waals surface area contributed by atoms with Gasteiger partial charge in [0.1, 0.15) is 5.52 Å². The number of nitrogens with one attached hydrogen (secondary N) is 2. The average molecular weight is 440 g/mol. The van der Waals surface area contributed by atoms with E-state index in [4.69, 9.17) is 19.8 Å². The third kappa shape index (κ3) is 4.71. The van der Waals surface area contributed by atoms with E-state index in [1.54, 1.807) is 10.9 Å². The molecule has 2 N–H and O–H groups in total. The molecule has 3 aromatic rings. The fraction of sp³-hybridized carbons (Fsp3) is 0.636. The Hall–Kier alpha value is -2.72. The molecule has 5 rings (SSSR count). The minimum Gasteiger partial charge on any atom is -0.379 e. The van der Waals surface area contributed by atoms with Crippen molar-refractivity contribution < 1.29 is 4.74 Å². The lowest BCUT2D eigenvalue weighted by Gasteiger charge is -2.39. The number of aryl methyl sites for hydroxylation is 2. The van der Waals surface area contributed by atoms with Crippen molar-refractivity contribution in [2.45, 2.75) is 57.7 Å². The van der Waals surface area contributed by atoms with E-state index in [2.05, 4.69) is 27.6 Å². The van der Waals surface area contributed by atoms with Crippen LogP contribution in [0.15, 0.2) is 18.6 Å². The predicted octanol–water partition coefficient (Wildman–Crippen LogP) is 2.77. The van der Waals surface area contributed by atoms with E-state index in [1.807, 2.05) is 24.1 Å². The summed E-state index contributed by atoms with van der Waals surface area (Å²) < 4.78 is 9.24. The highest BCUT2D eigenvalue weighted by atomic mass is 16.5. The van der Waals surface area contributed by atoms with E-state index < -0.39 is 0 Å². The maximum atomic E-state index is 5.52. The third-order valence-corrected chi connectivity index (χ3v) is 6.42. The molecular weight excluding hydrogens is 406 g/mol. The lowest BCUT2D eigenvalue weighted by atomic mass is 9.90. The topological polar surface area (TPSA) is 98.0 Å². The summed E-state index contributed by atoms with van der Waals surface area (Å²) in [5, 5.41) is 16.0. The normalized spacial score (nSPS) is 22.3. The molecule has 1 aliphatic carbocycles. The molecule has 1 saturated heterocycles. The zero-order valence-electron chi connectivity index (χ0n) is 19.0. The molecule has 0 radical (unpaired) electrons. The van der Waals surface area contributed by atoms with Crippen LogP contribution < -0.4 is 10.6 Å². The Bertz CT molecular complexity index is 1030. The Morgan fingerprint density at radius 1 is 1.09 bits per heavy atom. The van der Waals surface area contributed by atoms with Gasteiger partial charge in [-0.05, 0) is 32.1 Å². The van der Waals surface area contributed by atoms with Crippen molar-refractivity contribution in [3.05, 3.63) is 18.6 Å². The highest BCUT2D eigenvalue weighted by molar-refractivity contribution is 5.86. The summed E-state index contributed by atoms with van der Waals surface area (Å²) in [5.74, 6) is 1.37. The molecule has 0 bridgehead atoms. The highest BCUT2D eigenvalue weighted by Crippen LogP contribution is 2.29. The van der Waals surface area contributed by atoms with Crippen LogP contribution in [-0.4, -0.2) is 72.8 Å². The standard InChI is InChI=1S/C22H33N9O/c1-3-8-31-15-19-20(28-31)21(27-22(26-19)25-17-13-23-29(2)14-17)24-16-4-6-18(7-5-16)30-9-11-32-12-10-30/h13-16,18H,3-12H2,1-2H3,(H2,24,25,26,27)/t16-,18-. The molecule has 2 fully saturated rings. The van der Waals surface area contributed by atoms with Crippen LogP contribution in [0.2, 0.25) is 0 Å². The third-order valence-electron chi connectivity index (χ3n) is 6.42. The van der Waals surface area contributed by atoms with Gasteiger partial charge in [0.2, 0.25) is 5.95 Å². The molecule has 4 heterocycles. The van der Waals surface area contributed by atoms with Crippen LogP contribution in [0.3, 0.4) is 0 Å². The lowest BCUT2D eigenvalue weighted by molar-refractivity contribution is 0.00791. The molecular formula is C22H33N9O. The number of aromatic nitrogens is 6. The van der Waals surface area contributed by atoms with Gasteiger partial charge in [-0.25, -0.2) is 4.98 Å². The Morgan fingerprint density at radius 2 is 1.91 bits per heavy atom. The molecule has 10 nitrogen and oxygen atoms in total. The lowest BCUT2D eigenvalue weighted by Crippen LogP contribution is -2.46. The molecule has 0 aromatic carbocycles. The van der Waals surface area contributed by atoms with E-state index in [0.717, 1.165) is 74.6 Å². The number of ether oxygens (including phenoxy) is 1. The van der Waals surface area contributed by atoms with Crippen LogP contribution in [0.5, 0.6) is 0 Å². The monoisotopic (exact) mass is 439 g/mol. The molecule has 10 heteroatoms. The van der Waals surface area contributed by atoms with Crippen molar-refractivity contribution in [1.29, 1.82) is 0 Å². The molecule has 1 aliphatic heterocycles. The van der Waals surface area contributed by atoms with Crippen molar-refractivity contribution in [2.24, 2.45) is 7.05 Å². The molecule has 0 amide bonds. The highest BCUT2D eigenvalue weighted by Gasteiger charge is 2.27. The molecule has 1 saturated carbocycles. The minimum atomic E-state index is 0.396. The number of fused-ring (bicyclic) bond motifs is 1. The second-order valence-electron chi connectivity index (χ2n) is 8.85. The van der Waals surface area contributed by atoms with Gasteiger partial charge in [0.25, 0.3) is 0 Å². The first kappa shape index (κ1) is 21.1. The van der Waals surface area contributed by atoms with E-state index in [-0.39, 0.29) is 0 Å². The van der Waals surface area contributed by atoms with Crippen molar-refractivity contribution >= 4 is 28.5 Å². The number of nitrogens with zero attached hydrogens (tertiary/aromatic N) is 7. The summed E-state index contributed by atoms with van der Waals surface area (Å²) in [5.41, 5.74) is 2.56. The number of anilines is 3. The first-order valence-corrected chi connectivity index (χ1v) is 11.8. The van der Waals surface area contributed by atoms with Crippen LogP contribution in [0, 0.1) is 0 Å². The average Bonchev–Trinajstić information content (AvgIpc) is 3.41. The summed E-state index contributed by atoms with van der Waals surface area (Å²) in [6.07, 6.45) is 11.4. The van der Waals surface area contributed by atoms with Crippen LogP contribution in [-0.2, 0) is 18.3 Å². The molecule has 32 heavy (non-hydrogen) atoms. The number of rotatable bonds is 7. The molecule has 2 aliphatic rings. The summed E-state index contributed by atoms with van der Waals surface area (Å²) in [4.78, 5) is 12.1. The van der Waals surface area contributed by atoms with E-state index in [1.165, 1.54) is 12.8 Å². The van der Waals surface area contributed by atoms with Crippen molar-refractivity contribution in [1.82, 2.24) is 34.4 Å². The van der Waals surface area contributed by atoms with E-state index >= 15 is 0 Å². The first-order chi connectivity index (χ1) is 15.7. The second-order valence-corrected chi connectivity index (χ2v) is 8.85. The second kappa shape index (κ2) is 9.41. The van der Waals surface area contributed by atoms with Crippen LogP contribution in [0.1, 0.15) is 39.0 Å². The zero-order chi connectivity index (χ0) is 21.9. The van der Waals surface area contributed by atoms with Gasteiger partial charge in [-0.3, -0.25) is 14.3 Å². The largest absolute Gasteiger partial charge is 0.379 e. The zero-order valence-corrected chi connectivity index (χ0v) is 19.0. The molecule has 0 spiro atoms. The fourth-order valence-corrected chi connectivity index (χ4v) is 4.80. The maximum absolute atomic E-state index is 5.52. The Kier molecular flexibility index (Phi) is 6.22. The minimum absolute atomic E-state index is 0.396. The van der Waals surface area contributed by atoms with Gasteiger partial charge in [0.05, 0.1) is 31.3 Å². The summed E-state index contributed by atoms with van der Waals surface area (Å²) in [7, 11) is 1.89. The number of hydrogen-bond donors (Lipinski definition) is 2. The Morgan fingerprint density at radius 3 is 2.62 bits per heavy atom. The maximum Gasteiger partial charge on any atom is 0.230 e. The molecule has 172 valence electrons. The van der Waals surface area contributed by atoms with Gasteiger partial charge < -0.3 is 15.4 Å². The SMILES string of the molecule is CCCn1cc2nc(Nc3cnn(C)c3)nc(N[C@H]3CC[C@H](N4CCOCC4)CC3)c2n1. The van der Waals surface area contributed by atoms with Gasteiger partial charge in [-0.1, -0.05) is 6.92 Å². The van der Waals surface area contributed by atoms with Crippen LogP contribution >= 0.6 is 0 Å². The van der Waals surface area contributed by atoms with Gasteiger partial charge in [-0.15, -0.1) is 0 Å². The van der Waals surface area contributed by atoms with Crippen LogP contribution in [0.25, 0.3) is 11.0 Å². The van der Waals surface area contributed by atoms with Crippen molar-refractivity contribution in [2.75, 3.05) is 36.9 Å². The van der Waals surface area contributed by atoms with E-state index in [0.29, 0.717) is 18.0 Å². The number of morpholine rings is 1. The molecule has 3 aromatic heterocycles. The molecule has 0 unspecified atom stereocenters. The van der Waals surface area contributed by atoms with Gasteiger partial charge in [0, 0.05) is 45.0 Å². The fourth-order valence-electron chi connectivity index (χ4n) is 4.80. The predicted molar refractivity (Wildman–Crippen MR) is 124 cm³/mol. The van der Waals surface area contributed by atoms with E-state index in [9.17, 15) is 0 Å². The molecule has 0 atom stereocenters. The van der Waals surface area contributed by atoms with Gasteiger partial charge >= 0.3 is 0 Å². The summed E-state index contributed by atoms with van der Waals surface area (Å²) >= 11 is 0. The van der Waals surface area contributed by atoms with Crippen LogP contribution in [0.4, 0.5) is 17.5 Å². The Balaban J connectivity index is 1.33. The van der Waals surface area contributed by atoms with Crippen molar-refractivity contribution in [3.8, 4) is 0 Å². The quantitative estimate of drug-likeness (QED) is 0.580. The smallest absolute Gasteiger partial charge is 0.230 e.